The highest BCUT2D eigenvalue weighted by Crippen LogP contribution is 2.23. The lowest BCUT2D eigenvalue weighted by molar-refractivity contribution is 0.102. The van der Waals surface area contributed by atoms with Crippen molar-refractivity contribution in [3.63, 3.8) is 0 Å². The number of nitrogens with zero attached hydrogens (tertiary/aromatic N) is 3. The van der Waals surface area contributed by atoms with E-state index in [9.17, 15) is 9.59 Å². The second kappa shape index (κ2) is 6.57. The number of hydrogen-bond acceptors (Lipinski definition) is 3. The molecule has 0 fully saturated rings. The van der Waals surface area contributed by atoms with Crippen molar-refractivity contribution in [1.82, 2.24) is 14.3 Å². The van der Waals surface area contributed by atoms with Crippen molar-refractivity contribution in [3.05, 3.63) is 88.5 Å². The average molecular weight is 358 g/mol. The van der Waals surface area contributed by atoms with Gasteiger partial charge in [0.1, 0.15) is 5.69 Å². The maximum Gasteiger partial charge on any atom is 0.282 e. The molecule has 0 atom stereocenters. The van der Waals surface area contributed by atoms with Gasteiger partial charge in [-0.15, -0.1) is 0 Å². The minimum absolute atomic E-state index is 0.252. The third-order valence-corrected chi connectivity index (χ3v) is 4.44. The van der Waals surface area contributed by atoms with Crippen LogP contribution in [0.5, 0.6) is 0 Å². The molecule has 134 valence electrons. The SMILES string of the molecule is Cc1ccccc1NC(=O)c1cn(C)cc2c(=O)n(-c3ccccc3)nc1-2. The van der Waals surface area contributed by atoms with Gasteiger partial charge in [0.15, 0.2) is 0 Å². The Hall–Kier alpha value is -3.67. The minimum atomic E-state index is -0.303. The molecule has 2 aliphatic heterocycles. The van der Waals surface area contributed by atoms with Gasteiger partial charge in [0.05, 0.1) is 16.8 Å². The first-order valence-corrected chi connectivity index (χ1v) is 8.56. The van der Waals surface area contributed by atoms with E-state index in [1.807, 2.05) is 49.4 Å². The second-order valence-electron chi connectivity index (χ2n) is 6.42. The Morgan fingerprint density at radius 2 is 1.70 bits per heavy atom. The summed E-state index contributed by atoms with van der Waals surface area (Å²) < 4.78 is 3.03. The van der Waals surface area contributed by atoms with Gasteiger partial charge in [-0.1, -0.05) is 36.4 Å². The molecule has 2 heterocycles. The lowest BCUT2D eigenvalue weighted by Crippen LogP contribution is -2.17. The Kier molecular flexibility index (Phi) is 4.08. The van der Waals surface area contributed by atoms with E-state index in [4.69, 9.17) is 0 Å². The molecule has 0 spiro atoms. The molecule has 0 bridgehead atoms. The summed E-state index contributed by atoms with van der Waals surface area (Å²) in [5.74, 6) is -0.303. The van der Waals surface area contributed by atoms with Crippen LogP contribution < -0.4 is 10.9 Å². The molecule has 0 aromatic heterocycles. The van der Waals surface area contributed by atoms with Crippen LogP contribution in [-0.2, 0) is 7.05 Å². The number of aryl methyl sites for hydroxylation is 2. The summed E-state index contributed by atoms with van der Waals surface area (Å²) in [6.45, 7) is 1.93. The number of anilines is 1. The number of carbonyl (C=O) groups is 1. The van der Waals surface area contributed by atoms with Crippen LogP contribution in [0.25, 0.3) is 16.9 Å². The van der Waals surface area contributed by atoms with Crippen molar-refractivity contribution in [2.24, 2.45) is 7.05 Å². The van der Waals surface area contributed by atoms with Crippen LogP contribution in [0.1, 0.15) is 15.9 Å². The zero-order valence-corrected chi connectivity index (χ0v) is 15.0. The smallest absolute Gasteiger partial charge is 0.282 e. The summed E-state index contributed by atoms with van der Waals surface area (Å²) >= 11 is 0. The Morgan fingerprint density at radius 3 is 2.44 bits per heavy atom. The topological polar surface area (TPSA) is 68.9 Å². The number of aromatic nitrogens is 3. The molecular weight excluding hydrogens is 340 g/mol. The van der Waals surface area contributed by atoms with Crippen LogP contribution in [0.4, 0.5) is 5.69 Å². The first-order chi connectivity index (χ1) is 13.0. The molecule has 0 saturated carbocycles. The number of benzene rings is 2. The van der Waals surface area contributed by atoms with E-state index in [1.165, 1.54) is 4.68 Å². The number of nitrogens with one attached hydrogen (secondary N) is 1. The fourth-order valence-corrected chi connectivity index (χ4v) is 3.05. The second-order valence-corrected chi connectivity index (χ2v) is 6.42. The summed E-state index contributed by atoms with van der Waals surface area (Å²) in [6.07, 6.45) is 3.37. The van der Waals surface area contributed by atoms with Crippen LogP contribution in [0.2, 0.25) is 0 Å². The molecule has 4 rings (SSSR count). The molecule has 0 aliphatic carbocycles. The van der Waals surface area contributed by atoms with Gasteiger partial charge >= 0.3 is 0 Å². The predicted octanol–water partition coefficient (Wildman–Crippen LogP) is 3.24. The first-order valence-electron chi connectivity index (χ1n) is 8.56. The number of hydrogen-bond donors (Lipinski definition) is 1. The average Bonchev–Trinajstić information content (AvgIpc) is 3.00. The molecule has 6 heteroatoms. The summed E-state index contributed by atoms with van der Waals surface area (Å²) in [5, 5.41) is 7.35. The maximum absolute atomic E-state index is 12.9. The first kappa shape index (κ1) is 16.8. The third-order valence-electron chi connectivity index (χ3n) is 4.44. The van der Waals surface area contributed by atoms with Gasteiger partial charge < -0.3 is 9.88 Å². The van der Waals surface area contributed by atoms with Gasteiger partial charge in [-0.2, -0.15) is 9.78 Å². The molecule has 2 aliphatic rings. The molecule has 0 radical (unpaired) electrons. The van der Waals surface area contributed by atoms with Gasteiger partial charge in [0.25, 0.3) is 11.5 Å². The number of fused-ring (bicyclic) bond motifs is 1. The maximum atomic E-state index is 12.9. The lowest BCUT2D eigenvalue weighted by atomic mass is 10.1. The van der Waals surface area contributed by atoms with Crippen molar-refractivity contribution in [2.45, 2.75) is 6.92 Å². The van der Waals surface area contributed by atoms with Crippen molar-refractivity contribution < 1.29 is 4.79 Å². The lowest BCUT2D eigenvalue weighted by Gasteiger charge is -2.11. The van der Waals surface area contributed by atoms with Gasteiger partial charge in [-0.3, -0.25) is 9.59 Å². The summed E-state index contributed by atoms with van der Waals surface area (Å²) in [6, 6.07) is 16.7. The molecule has 2 aromatic carbocycles. The number of carbonyl (C=O) groups excluding carboxylic acids is 1. The predicted molar refractivity (Wildman–Crippen MR) is 105 cm³/mol. The Balaban J connectivity index is 1.83. The van der Waals surface area contributed by atoms with E-state index in [1.54, 1.807) is 36.1 Å². The zero-order chi connectivity index (χ0) is 19.0. The molecule has 27 heavy (non-hydrogen) atoms. The van der Waals surface area contributed by atoms with Crippen LogP contribution in [0.15, 0.2) is 71.8 Å². The van der Waals surface area contributed by atoms with E-state index >= 15 is 0 Å². The number of rotatable bonds is 3. The standard InChI is InChI=1S/C21H18N4O2/c1-14-8-6-7-11-18(14)22-20(26)16-12-24(2)13-17-19(16)23-25(21(17)27)15-9-4-3-5-10-15/h3-13H,1-2H3,(H,22,26). The van der Waals surface area contributed by atoms with Gasteiger partial charge in [-0.25, -0.2) is 0 Å². The van der Waals surface area contributed by atoms with Crippen LogP contribution in [0, 0.1) is 6.92 Å². The third kappa shape index (κ3) is 3.01. The van der Waals surface area contributed by atoms with Crippen molar-refractivity contribution in [3.8, 4) is 16.9 Å². The fraction of sp³-hybridized carbons (Fsp3) is 0.0952. The highest BCUT2D eigenvalue weighted by molar-refractivity contribution is 6.08. The monoisotopic (exact) mass is 358 g/mol. The molecule has 2 aromatic rings. The molecule has 6 nitrogen and oxygen atoms in total. The summed E-state index contributed by atoms with van der Waals surface area (Å²) in [7, 11) is 1.78. The molecule has 1 N–H and O–H groups in total. The number of amides is 1. The quantitative estimate of drug-likeness (QED) is 0.611. The fourth-order valence-electron chi connectivity index (χ4n) is 3.05. The Bertz CT molecular complexity index is 1160. The highest BCUT2D eigenvalue weighted by Gasteiger charge is 2.24. The summed E-state index contributed by atoms with van der Waals surface area (Å²) in [4.78, 5) is 25.7. The molecule has 0 saturated heterocycles. The van der Waals surface area contributed by atoms with E-state index in [0.717, 1.165) is 11.3 Å². The molecule has 1 amide bonds. The molecular formula is C21H18N4O2. The van der Waals surface area contributed by atoms with Crippen molar-refractivity contribution in [2.75, 3.05) is 5.32 Å². The number of pyridine rings is 1. The zero-order valence-electron chi connectivity index (χ0n) is 15.0. The van der Waals surface area contributed by atoms with E-state index in [2.05, 4.69) is 10.4 Å². The van der Waals surface area contributed by atoms with Crippen LogP contribution in [-0.4, -0.2) is 20.3 Å². The largest absolute Gasteiger partial charge is 0.356 e. The van der Waals surface area contributed by atoms with Crippen molar-refractivity contribution >= 4 is 11.6 Å². The van der Waals surface area contributed by atoms with Gasteiger partial charge in [-0.05, 0) is 30.7 Å². The van der Waals surface area contributed by atoms with Crippen LogP contribution >= 0.6 is 0 Å². The van der Waals surface area contributed by atoms with Gasteiger partial charge in [0, 0.05) is 25.1 Å². The Labute approximate surface area is 156 Å². The molecule has 0 unspecified atom stereocenters. The van der Waals surface area contributed by atoms with Crippen molar-refractivity contribution in [1.29, 1.82) is 0 Å². The number of para-hydroxylation sites is 2. The van der Waals surface area contributed by atoms with E-state index < -0.39 is 0 Å². The van der Waals surface area contributed by atoms with Gasteiger partial charge in [0.2, 0.25) is 0 Å². The minimum Gasteiger partial charge on any atom is -0.356 e. The highest BCUT2D eigenvalue weighted by atomic mass is 16.2. The normalized spacial score (nSPS) is 10.9. The summed E-state index contributed by atoms with van der Waals surface area (Å²) in [5.41, 5.74) is 3.23. The van der Waals surface area contributed by atoms with Crippen LogP contribution in [0.3, 0.4) is 0 Å². The van der Waals surface area contributed by atoms with E-state index in [0.29, 0.717) is 22.5 Å². The Morgan fingerprint density at radius 1 is 1.00 bits per heavy atom. The van der Waals surface area contributed by atoms with E-state index in [-0.39, 0.29) is 11.5 Å².